The molecule has 162 valence electrons. The van der Waals surface area contributed by atoms with Crippen LogP contribution in [0.25, 0.3) is 5.69 Å². The van der Waals surface area contributed by atoms with E-state index in [2.05, 4.69) is 14.9 Å². The summed E-state index contributed by atoms with van der Waals surface area (Å²) >= 11 is 6.07. The van der Waals surface area contributed by atoms with Crippen LogP contribution in [0.2, 0.25) is 5.02 Å². The Kier molecular flexibility index (Phi) is 6.18. The maximum atomic E-state index is 13.4. The lowest BCUT2D eigenvalue weighted by molar-refractivity contribution is 0.0980. The number of benzene rings is 1. The van der Waals surface area contributed by atoms with Crippen LogP contribution in [-0.4, -0.2) is 39.5 Å². The lowest BCUT2D eigenvalue weighted by Crippen LogP contribution is -2.29. The second kappa shape index (κ2) is 9.20. The quantitative estimate of drug-likeness (QED) is 0.435. The molecule has 0 fully saturated rings. The summed E-state index contributed by atoms with van der Waals surface area (Å²) in [6.45, 7) is 2.48. The summed E-state index contributed by atoms with van der Waals surface area (Å²) in [5, 5.41) is 0.625. The van der Waals surface area contributed by atoms with Gasteiger partial charge in [-0.25, -0.2) is 9.97 Å². The highest BCUT2D eigenvalue weighted by atomic mass is 35.5. The van der Waals surface area contributed by atoms with E-state index in [9.17, 15) is 4.79 Å². The smallest absolute Gasteiger partial charge is 0.295 e. The molecule has 0 N–H and O–H groups in total. The van der Waals surface area contributed by atoms with Crippen molar-refractivity contribution in [3.05, 3.63) is 95.4 Å². The van der Waals surface area contributed by atoms with Gasteiger partial charge in [-0.05, 0) is 55.0 Å². The molecule has 0 spiro atoms. The second-order valence-electron chi connectivity index (χ2n) is 7.52. The van der Waals surface area contributed by atoms with Gasteiger partial charge in [0.2, 0.25) is 5.82 Å². The Balaban J connectivity index is 1.69. The van der Waals surface area contributed by atoms with Crippen molar-refractivity contribution in [1.29, 1.82) is 0 Å². The van der Waals surface area contributed by atoms with Crippen molar-refractivity contribution < 1.29 is 4.79 Å². The minimum Gasteiger partial charge on any atom is -0.369 e. The molecule has 4 aromatic rings. The molecule has 0 aliphatic carbocycles. The Morgan fingerprint density at radius 1 is 1.03 bits per heavy atom. The van der Waals surface area contributed by atoms with Crippen LogP contribution in [0.4, 0.5) is 11.5 Å². The third-order valence-electron chi connectivity index (χ3n) is 5.10. The SMILES string of the molecule is Cc1ccc(N(C)C(=O)c2nc(CN(C)c3ccncc3)cn2-c2ccc(Cl)cc2)nc1. The van der Waals surface area contributed by atoms with Crippen LogP contribution in [0.5, 0.6) is 0 Å². The molecule has 0 bridgehead atoms. The molecular formula is C24H23ClN6O. The molecule has 1 aromatic carbocycles. The fraction of sp³-hybridized carbons (Fsp3) is 0.167. The largest absolute Gasteiger partial charge is 0.369 e. The Labute approximate surface area is 191 Å². The average Bonchev–Trinajstić information content (AvgIpc) is 3.23. The van der Waals surface area contributed by atoms with Crippen molar-refractivity contribution in [2.24, 2.45) is 0 Å². The highest BCUT2D eigenvalue weighted by Gasteiger charge is 2.23. The van der Waals surface area contributed by atoms with Gasteiger partial charge < -0.3 is 4.90 Å². The van der Waals surface area contributed by atoms with E-state index in [4.69, 9.17) is 16.6 Å². The number of amides is 1. The van der Waals surface area contributed by atoms with Crippen molar-refractivity contribution in [3.8, 4) is 5.69 Å². The first kappa shape index (κ1) is 21.5. The van der Waals surface area contributed by atoms with Crippen molar-refractivity contribution in [2.45, 2.75) is 13.5 Å². The van der Waals surface area contributed by atoms with E-state index in [0.29, 0.717) is 23.2 Å². The summed E-state index contributed by atoms with van der Waals surface area (Å²) in [6, 6.07) is 14.9. The van der Waals surface area contributed by atoms with Gasteiger partial charge in [0.25, 0.3) is 5.91 Å². The summed E-state index contributed by atoms with van der Waals surface area (Å²) in [5.74, 6) is 0.603. The van der Waals surface area contributed by atoms with Gasteiger partial charge in [-0.3, -0.25) is 19.2 Å². The van der Waals surface area contributed by atoms with Crippen LogP contribution in [0.15, 0.2) is 73.3 Å². The summed E-state index contributed by atoms with van der Waals surface area (Å²) in [4.78, 5) is 30.1. The van der Waals surface area contributed by atoms with Crippen molar-refractivity contribution in [1.82, 2.24) is 19.5 Å². The van der Waals surface area contributed by atoms with Crippen LogP contribution < -0.4 is 9.80 Å². The van der Waals surface area contributed by atoms with Gasteiger partial charge in [-0.15, -0.1) is 0 Å². The number of anilines is 2. The van der Waals surface area contributed by atoms with Crippen molar-refractivity contribution >= 4 is 29.0 Å². The maximum absolute atomic E-state index is 13.4. The van der Waals surface area contributed by atoms with Crippen molar-refractivity contribution in [2.75, 3.05) is 23.9 Å². The number of nitrogens with zero attached hydrogens (tertiary/aromatic N) is 6. The zero-order valence-corrected chi connectivity index (χ0v) is 18.9. The Morgan fingerprint density at radius 3 is 2.41 bits per heavy atom. The molecule has 0 radical (unpaired) electrons. The van der Waals surface area contributed by atoms with E-state index in [1.165, 1.54) is 4.90 Å². The van der Waals surface area contributed by atoms with Gasteiger partial charge in [0.1, 0.15) is 5.82 Å². The fourth-order valence-electron chi connectivity index (χ4n) is 3.30. The van der Waals surface area contributed by atoms with Crippen molar-refractivity contribution in [3.63, 3.8) is 0 Å². The molecule has 4 rings (SSSR count). The average molecular weight is 447 g/mol. The molecule has 0 atom stereocenters. The van der Waals surface area contributed by atoms with Gasteiger partial charge >= 0.3 is 0 Å². The van der Waals surface area contributed by atoms with Gasteiger partial charge in [0.05, 0.1) is 12.2 Å². The van der Waals surface area contributed by atoms with Crippen LogP contribution in [0, 0.1) is 6.92 Å². The Bertz CT molecular complexity index is 1210. The molecule has 0 unspecified atom stereocenters. The number of pyridine rings is 2. The van der Waals surface area contributed by atoms with Gasteiger partial charge in [-0.2, -0.15) is 0 Å². The lowest BCUT2D eigenvalue weighted by atomic mass is 10.3. The molecule has 1 amide bonds. The number of carbonyl (C=O) groups is 1. The number of rotatable bonds is 6. The van der Waals surface area contributed by atoms with E-state index < -0.39 is 0 Å². The number of aryl methyl sites for hydroxylation is 1. The summed E-state index contributed by atoms with van der Waals surface area (Å²) in [6.07, 6.45) is 7.11. The number of carbonyl (C=O) groups excluding carboxylic acids is 1. The molecule has 32 heavy (non-hydrogen) atoms. The third-order valence-corrected chi connectivity index (χ3v) is 5.35. The first-order valence-corrected chi connectivity index (χ1v) is 10.5. The van der Waals surface area contributed by atoms with Crippen LogP contribution in [-0.2, 0) is 6.54 Å². The highest BCUT2D eigenvalue weighted by molar-refractivity contribution is 6.30. The molecule has 8 heteroatoms. The number of hydrogen-bond donors (Lipinski definition) is 0. The minimum atomic E-state index is -0.255. The minimum absolute atomic E-state index is 0.255. The number of halogens is 1. The third kappa shape index (κ3) is 4.63. The molecule has 3 heterocycles. The number of imidazole rings is 1. The summed E-state index contributed by atoms with van der Waals surface area (Å²) < 4.78 is 1.79. The molecule has 3 aromatic heterocycles. The number of aromatic nitrogens is 4. The molecule has 0 aliphatic heterocycles. The van der Waals surface area contributed by atoms with Gasteiger partial charge in [0, 0.05) is 55.3 Å². The monoisotopic (exact) mass is 446 g/mol. The molecule has 0 aliphatic rings. The first-order chi connectivity index (χ1) is 15.4. The molecule has 0 saturated carbocycles. The van der Waals surface area contributed by atoms with E-state index in [-0.39, 0.29) is 5.91 Å². The van der Waals surface area contributed by atoms with Crippen LogP contribution in [0.3, 0.4) is 0 Å². The van der Waals surface area contributed by atoms with E-state index in [1.54, 1.807) is 42.3 Å². The lowest BCUT2D eigenvalue weighted by Gasteiger charge is -2.17. The van der Waals surface area contributed by atoms with Gasteiger partial charge in [0.15, 0.2) is 0 Å². The standard InChI is InChI=1S/C24H23ClN6O/c1-17-4-9-22(27-14-17)30(3)24(32)23-28-19(15-29(2)20-10-12-26-13-11-20)16-31(23)21-7-5-18(25)6-8-21/h4-14,16H,15H2,1-3H3. The molecule has 0 saturated heterocycles. The van der Waals surface area contributed by atoms with E-state index >= 15 is 0 Å². The first-order valence-electron chi connectivity index (χ1n) is 10.1. The second-order valence-corrected chi connectivity index (χ2v) is 7.96. The fourth-order valence-corrected chi connectivity index (χ4v) is 3.43. The topological polar surface area (TPSA) is 67.2 Å². The van der Waals surface area contributed by atoms with Gasteiger partial charge in [-0.1, -0.05) is 17.7 Å². The van der Waals surface area contributed by atoms with Crippen LogP contribution in [0.1, 0.15) is 21.9 Å². The zero-order chi connectivity index (χ0) is 22.7. The maximum Gasteiger partial charge on any atom is 0.295 e. The van der Waals surface area contributed by atoms with Crippen LogP contribution >= 0.6 is 11.6 Å². The highest BCUT2D eigenvalue weighted by Crippen LogP contribution is 2.21. The Morgan fingerprint density at radius 2 is 1.75 bits per heavy atom. The van der Waals surface area contributed by atoms with E-state index in [1.807, 2.05) is 56.6 Å². The normalized spacial score (nSPS) is 10.8. The molecule has 7 nitrogen and oxygen atoms in total. The molecular weight excluding hydrogens is 424 g/mol. The Hall–Kier alpha value is -3.71. The van der Waals surface area contributed by atoms with E-state index in [0.717, 1.165) is 22.6 Å². The zero-order valence-electron chi connectivity index (χ0n) is 18.1. The summed E-state index contributed by atoms with van der Waals surface area (Å²) in [7, 11) is 3.67. The predicted octanol–water partition coefficient (Wildman–Crippen LogP) is 4.54. The summed E-state index contributed by atoms with van der Waals surface area (Å²) in [5.41, 5.74) is 3.59. The predicted molar refractivity (Wildman–Crippen MR) is 127 cm³/mol. The number of hydrogen-bond acceptors (Lipinski definition) is 5.